The first-order chi connectivity index (χ1) is 9.97. The molecule has 1 atom stereocenters. The topological polar surface area (TPSA) is 95.5 Å². The third-order valence-corrected chi connectivity index (χ3v) is 3.17. The predicted octanol–water partition coefficient (Wildman–Crippen LogP) is 0.535. The molecular formula is C14H15FN2O4. The Morgan fingerprint density at radius 3 is 2.62 bits per heavy atom. The maximum Gasteiger partial charge on any atom is 0.326 e. The van der Waals surface area contributed by atoms with Gasteiger partial charge in [0.05, 0.1) is 6.54 Å². The third-order valence-electron chi connectivity index (χ3n) is 3.17. The van der Waals surface area contributed by atoms with Crippen molar-refractivity contribution in [1.29, 1.82) is 0 Å². The van der Waals surface area contributed by atoms with E-state index < -0.39 is 29.6 Å². The summed E-state index contributed by atoms with van der Waals surface area (Å²) < 4.78 is 13.0. The number of halogens is 1. The first-order valence-electron chi connectivity index (χ1n) is 6.53. The minimum Gasteiger partial charge on any atom is -0.480 e. The molecule has 1 unspecified atom stereocenters. The number of carboxylic acid groups (broad SMARTS) is 1. The van der Waals surface area contributed by atoms with Gasteiger partial charge in [0.15, 0.2) is 0 Å². The number of carboxylic acids is 1. The van der Waals surface area contributed by atoms with Crippen LogP contribution in [-0.2, 0) is 9.59 Å². The number of carbonyl (C=O) groups is 3. The smallest absolute Gasteiger partial charge is 0.326 e. The van der Waals surface area contributed by atoms with Gasteiger partial charge in [0, 0.05) is 5.56 Å². The van der Waals surface area contributed by atoms with Crippen molar-refractivity contribution in [3.8, 4) is 0 Å². The molecule has 3 N–H and O–H groups in total. The highest BCUT2D eigenvalue weighted by molar-refractivity contribution is 5.96. The Bertz CT molecular complexity index is 572. The second-order valence-electron chi connectivity index (χ2n) is 4.91. The van der Waals surface area contributed by atoms with E-state index in [1.54, 1.807) is 0 Å². The summed E-state index contributed by atoms with van der Waals surface area (Å²) in [6.07, 6.45) is 1.54. The SMILES string of the molecule is O=C(CNC(=O)c1cccc(F)c1)NC(C(=O)O)C1CC1. The van der Waals surface area contributed by atoms with E-state index in [0.29, 0.717) is 0 Å². The van der Waals surface area contributed by atoms with Gasteiger partial charge in [-0.1, -0.05) is 6.07 Å². The van der Waals surface area contributed by atoms with Gasteiger partial charge in [-0.25, -0.2) is 9.18 Å². The molecule has 0 spiro atoms. The average molecular weight is 294 g/mol. The Kier molecular flexibility index (Phi) is 4.52. The molecule has 21 heavy (non-hydrogen) atoms. The number of benzene rings is 1. The summed E-state index contributed by atoms with van der Waals surface area (Å²) in [6, 6.07) is 4.15. The molecule has 1 fully saturated rings. The van der Waals surface area contributed by atoms with Gasteiger partial charge < -0.3 is 15.7 Å². The van der Waals surface area contributed by atoms with Crippen molar-refractivity contribution in [1.82, 2.24) is 10.6 Å². The molecule has 1 aliphatic carbocycles. The fourth-order valence-corrected chi connectivity index (χ4v) is 1.93. The highest BCUT2D eigenvalue weighted by Crippen LogP contribution is 2.32. The predicted molar refractivity (Wildman–Crippen MR) is 71.0 cm³/mol. The summed E-state index contributed by atoms with van der Waals surface area (Å²) in [6.45, 7) is -0.355. The van der Waals surface area contributed by atoms with Gasteiger partial charge in [0.2, 0.25) is 5.91 Å². The molecule has 0 saturated heterocycles. The molecule has 112 valence electrons. The Morgan fingerprint density at radius 1 is 1.33 bits per heavy atom. The molecule has 6 nitrogen and oxygen atoms in total. The van der Waals surface area contributed by atoms with Crippen molar-refractivity contribution in [3.63, 3.8) is 0 Å². The lowest BCUT2D eigenvalue weighted by molar-refractivity contribution is -0.142. The van der Waals surface area contributed by atoms with E-state index in [9.17, 15) is 18.8 Å². The fraction of sp³-hybridized carbons (Fsp3) is 0.357. The quantitative estimate of drug-likeness (QED) is 0.713. The van der Waals surface area contributed by atoms with Crippen LogP contribution in [0.25, 0.3) is 0 Å². The van der Waals surface area contributed by atoms with Crippen molar-refractivity contribution >= 4 is 17.8 Å². The van der Waals surface area contributed by atoms with E-state index in [4.69, 9.17) is 5.11 Å². The number of rotatable bonds is 6. The standard InChI is InChI=1S/C14H15FN2O4/c15-10-3-1-2-9(6-10)13(19)16-7-11(18)17-12(14(20)21)8-4-5-8/h1-3,6,8,12H,4-5,7H2,(H,16,19)(H,17,18)(H,20,21). The van der Waals surface area contributed by atoms with Gasteiger partial charge in [-0.2, -0.15) is 0 Å². The molecule has 0 aromatic heterocycles. The number of nitrogens with one attached hydrogen (secondary N) is 2. The van der Waals surface area contributed by atoms with Gasteiger partial charge in [0.25, 0.3) is 5.91 Å². The van der Waals surface area contributed by atoms with Crippen LogP contribution in [0.1, 0.15) is 23.2 Å². The minimum atomic E-state index is -1.08. The van der Waals surface area contributed by atoms with Crippen molar-refractivity contribution in [2.45, 2.75) is 18.9 Å². The van der Waals surface area contributed by atoms with Crippen molar-refractivity contribution < 1.29 is 23.9 Å². The lowest BCUT2D eigenvalue weighted by Gasteiger charge is -2.13. The van der Waals surface area contributed by atoms with E-state index in [1.165, 1.54) is 18.2 Å². The molecular weight excluding hydrogens is 279 g/mol. The number of hydrogen-bond acceptors (Lipinski definition) is 3. The first-order valence-corrected chi connectivity index (χ1v) is 6.53. The van der Waals surface area contributed by atoms with Crippen LogP contribution in [0.2, 0.25) is 0 Å². The van der Waals surface area contributed by atoms with Crippen molar-refractivity contribution in [3.05, 3.63) is 35.6 Å². The maximum absolute atomic E-state index is 13.0. The number of carbonyl (C=O) groups excluding carboxylic acids is 2. The molecule has 0 heterocycles. The molecule has 7 heteroatoms. The lowest BCUT2D eigenvalue weighted by Crippen LogP contribution is -2.46. The Morgan fingerprint density at radius 2 is 2.05 bits per heavy atom. The second-order valence-corrected chi connectivity index (χ2v) is 4.91. The van der Waals surface area contributed by atoms with Crippen molar-refractivity contribution in [2.24, 2.45) is 5.92 Å². The normalized spacial score (nSPS) is 15.1. The summed E-state index contributed by atoms with van der Waals surface area (Å²) >= 11 is 0. The molecule has 2 rings (SSSR count). The van der Waals surface area contributed by atoms with E-state index in [2.05, 4.69) is 10.6 Å². The molecule has 1 aliphatic rings. The molecule has 2 amide bonds. The van der Waals surface area contributed by atoms with Gasteiger partial charge in [-0.15, -0.1) is 0 Å². The van der Waals surface area contributed by atoms with Gasteiger partial charge in [-0.3, -0.25) is 9.59 Å². The van der Waals surface area contributed by atoms with E-state index >= 15 is 0 Å². The maximum atomic E-state index is 13.0. The highest BCUT2D eigenvalue weighted by Gasteiger charge is 2.37. The van der Waals surface area contributed by atoms with Crippen LogP contribution in [0.15, 0.2) is 24.3 Å². The van der Waals surface area contributed by atoms with Crippen molar-refractivity contribution in [2.75, 3.05) is 6.54 Å². The van der Waals surface area contributed by atoms with Crippen LogP contribution < -0.4 is 10.6 Å². The van der Waals surface area contributed by atoms with E-state index in [1.807, 2.05) is 0 Å². The van der Waals surface area contributed by atoms with Gasteiger partial charge in [-0.05, 0) is 37.0 Å². The number of amides is 2. The average Bonchev–Trinajstić information content (AvgIpc) is 3.26. The first kappa shape index (κ1) is 15.0. The summed E-state index contributed by atoms with van der Waals surface area (Å²) in [7, 11) is 0. The Hall–Kier alpha value is -2.44. The summed E-state index contributed by atoms with van der Waals surface area (Å²) in [5, 5.41) is 13.7. The van der Waals surface area contributed by atoms with E-state index in [0.717, 1.165) is 18.9 Å². The molecule has 0 bridgehead atoms. The monoisotopic (exact) mass is 294 g/mol. The van der Waals surface area contributed by atoms with Crippen LogP contribution in [0.3, 0.4) is 0 Å². The molecule has 1 aromatic rings. The zero-order valence-corrected chi connectivity index (χ0v) is 11.1. The van der Waals surface area contributed by atoms with Crippen LogP contribution in [0.4, 0.5) is 4.39 Å². The summed E-state index contributed by atoms with van der Waals surface area (Å²) in [4.78, 5) is 34.3. The van der Waals surface area contributed by atoms with Crippen LogP contribution in [-0.4, -0.2) is 35.5 Å². The van der Waals surface area contributed by atoms with E-state index in [-0.39, 0.29) is 18.0 Å². The molecule has 0 radical (unpaired) electrons. The number of hydrogen-bond donors (Lipinski definition) is 3. The summed E-state index contributed by atoms with van der Waals surface area (Å²) in [5.41, 5.74) is 0.0970. The summed E-state index contributed by atoms with van der Waals surface area (Å²) in [5.74, 6) is -2.85. The van der Waals surface area contributed by atoms with Crippen LogP contribution in [0, 0.1) is 11.7 Å². The van der Waals surface area contributed by atoms with Gasteiger partial charge >= 0.3 is 5.97 Å². The molecule has 0 aliphatic heterocycles. The lowest BCUT2D eigenvalue weighted by atomic mass is 10.2. The largest absolute Gasteiger partial charge is 0.480 e. The fourth-order valence-electron chi connectivity index (χ4n) is 1.93. The Balaban J connectivity index is 1.83. The minimum absolute atomic E-state index is 0.0367. The van der Waals surface area contributed by atoms with Crippen LogP contribution in [0.5, 0.6) is 0 Å². The highest BCUT2D eigenvalue weighted by atomic mass is 19.1. The second kappa shape index (κ2) is 6.34. The number of aliphatic carboxylic acids is 1. The Labute approximate surface area is 120 Å². The molecule has 1 saturated carbocycles. The van der Waals surface area contributed by atoms with Crippen LogP contribution >= 0.6 is 0 Å². The van der Waals surface area contributed by atoms with Gasteiger partial charge in [0.1, 0.15) is 11.9 Å². The zero-order chi connectivity index (χ0) is 15.4. The molecule has 1 aromatic carbocycles. The third kappa shape index (κ3) is 4.27. The zero-order valence-electron chi connectivity index (χ0n) is 11.1.